The maximum absolute atomic E-state index is 13.5. The van der Waals surface area contributed by atoms with E-state index in [4.69, 9.17) is 10.00 Å². The number of rotatable bonds is 5. The molecule has 96 valence electrons. The molecular formula is C13H15FN2O2. The first kappa shape index (κ1) is 14.0. The minimum Gasteiger partial charge on any atom is -0.491 e. The van der Waals surface area contributed by atoms with Crippen LogP contribution in [0.4, 0.5) is 10.1 Å². The van der Waals surface area contributed by atoms with Crippen molar-refractivity contribution in [2.75, 3.05) is 11.9 Å². The normalized spacial score (nSPS) is 11.4. The zero-order valence-electron chi connectivity index (χ0n) is 10.4. The average Bonchev–Trinajstić information content (AvgIpc) is 2.34. The van der Waals surface area contributed by atoms with Crippen LogP contribution in [0.25, 0.3) is 0 Å². The lowest BCUT2D eigenvalue weighted by Gasteiger charge is -2.10. The number of nitrogens with zero attached hydrogens (tertiary/aromatic N) is 1. The molecule has 1 aromatic rings. The summed E-state index contributed by atoms with van der Waals surface area (Å²) in [7, 11) is 0. The van der Waals surface area contributed by atoms with Crippen LogP contribution in [0.5, 0.6) is 5.75 Å². The first-order valence-corrected chi connectivity index (χ1v) is 5.75. The summed E-state index contributed by atoms with van der Waals surface area (Å²) in [4.78, 5) is 11.6. The van der Waals surface area contributed by atoms with Crippen molar-refractivity contribution in [2.45, 2.75) is 20.3 Å². The highest BCUT2D eigenvalue weighted by molar-refractivity contribution is 5.94. The number of carbonyl (C=O) groups is 1. The summed E-state index contributed by atoms with van der Waals surface area (Å²) in [6.45, 7) is 3.87. The van der Waals surface area contributed by atoms with Crippen LogP contribution in [-0.4, -0.2) is 12.5 Å². The third-order valence-corrected chi connectivity index (χ3v) is 2.38. The summed E-state index contributed by atoms with van der Waals surface area (Å²) in [5, 5.41) is 11.2. The lowest BCUT2D eigenvalue weighted by Crippen LogP contribution is -2.20. The first-order chi connectivity index (χ1) is 8.62. The first-order valence-electron chi connectivity index (χ1n) is 5.75. The Bertz CT molecular complexity index is 469. The molecule has 1 rings (SSSR count). The third-order valence-electron chi connectivity index (χ3n) is 2.38. The van der Waals surface area contributed by atoms with E-state index in [-0.39, 0.29) is 5.75 Å². The van der Waals surface area contributed by atoms with Gasteiger partial charge in [0.05, 0.1) is 12.7 Å². The van der Waals surface area contributed by atoms with Crippen LogP contribution in [0.2, 0.25) is 0 Å². The van der Waals surface area contributed by atoms with Crippen LogP contribution in [0, 0.1) is 23.1 Å². The third kappa shape index (κ3) is 3.45. The number of benzene rings is 1. The Morgan fingerprint density at radius 2 is 2.28 bits per heavy atom. The molecule has 0 spiro atoms. The van der Waals surface area contributed by atoms with E-state index in [1.54, 1.807) is 13.8 Å². The molecule has 0 aliphatic heterocycles. The molecule has 0 aromatic heterocycles. The van der Waals surface area contributed by atoms with E-state index < -0.39 is 17.6 Å². The zero-order chi connectivity index (χ0) is 13.5. The zero-order valence-corrected chi connectivity index (χ0v) is 10.4. The molecule has 18 heavy (non-hydrogen) atoms. The minimum absolute atomic E-state index is 0.142. The number of carbonyl (C=O) groups excluding carboxylic acids is 1. The van der Waals surface area contributed by atoms with Crippen molar-refractivity contribution in [3.8, 4) is 11.8 Å². The summed E-state index contributed by atoms with van der Waals surface area (Å²) < 4.78 is 18.6. The number of hydrogen-bond donors (Lipinski definition) is 1. The number of nitrogens with one attached hydrogen (secondary N) is 1. The van der Waals surface area contributed by atoms with Gasteiger partial charge in [-0.15, -0.1) is 0 Å². The molecule has 0 bridgehead atoms. The Morgan fingerprint density at radius 3 is 2.78 bits per heavy atom. The summed E-state index contributed by atoms with van der Waals surface area (Å²) in [6.07, 6.45) is 0.418. The lowest BCUT2D eigenvalue weighted by molar-refractivity contribution is -0.118. The molecule has 0 radical (unpaired) electrons. The molecule has 0 saturated carbocycles. The van der Waals surface area contributed by atoms with Gasteiger partial charge in [-0.25, -0.2) is 4.39 Å². The minimum atomic E-state index is -0.723. The van der Waals surface area contributed by atoms with Crippen LogP contribution in [0.3, 0.4) is 0 Å². The fourth-order valence-corrected chi connectivity index (χ4v) is 1.42. The SMILES string of the molecule is CCOc1ccc(NC(=O)C(C#N)CC)cc1F. The number of halogens is 1. The van der Waals surface area contributed by atoms with Crippen LogP contribution >= 0.6 is 0 Å². The highest BCUT2D eigenvalue weighted by Crippen LogP contribution is 2.21. The Hall–Kier alpha value is -2.09. The van der Waals surface area contributed by atoms with Crippen molar-refractivity contribution in [2.24, 2.45) is 5.92 Å². The van der Waals surface area contributed by atoms with Crippen LogP contribution in [-0.2, 0) is 4.79 Å². The van der Waals surface area contributed by atoms with E-state index in [0.29, 0.717) is 18.7 Å². The fourth-order valence-electron chi connectivity index (χ4n) is 1.42. The van der Waals surface area contributed by atoms with Gasteiger partial charge in [0.1, 0.15) is 5.92 Å². The Kier molecular flexibility index (Phi) is 5.12. The standard InChI is InChI=1S/C13H15FN2O2/c1-3-9(8-15)13(17)16-10-5-6-12(18-4-2)11(14)7-10/h5-7,9H,3-4H2,1-2H3,(H,16,17). The van der Waals surface area contributed by atoms with E-state index in [0.717, 1.165) is 0 Å². The number of anilines is 1. The van der Waals surface area contributed by atoms with Gasteiger partial charge >= 0.3 is 0 Å². The molecule has 5 heteroatoms. The van der Waals surface area contributed by atoms with Crippen molar-refractivity contribution in [1.82, 2.24) is 0 Å². The summed E-state index contributed by atoms with van der Waals surface area (Å²) in [6, 6.07) is 6.05. The van der Waals surface area contributed by atoms with Crippen molar-refractivity contribution in [3.05, 3.63) is 24.0 Å². The molecule has 0 saturated heterocycles. The van der Waals surface area contributed by atoms with Gasteiger partial charge in [-0.3, -0.25) is 4.79 Å². The maximum atomic E-state index is 13.5. The highest BCUT2D eigenvalue weighted by atomic mass is 19.1. The fraction of sp³-hybridized carbons (Fsp3) is 0.385. The molecule has 1 aromatic carbocycles. The van der Waals surface area contributed by atoms with Gasteiger partial charge in [0.25, 0.3) is 0 Å². The van der Waals surface area contributed by atoms with Crippen molar-refractivity contribution in [3.63, 3.8) is 0 Å². The van der Waals surface area contributed by atoms with E-state index >= 15 is 0 Å². The van der Waals surface area contributed by atoms with E-state index in [1.165, 1.54) is 18.2 Å². The van der Waals surface area contributed by atoms with Crippen LogP contribution < -0.4 is 10.1 Å². The predicted molar refractivity (Wildman–Crippen MR) is 65.6 cm³/mol. The van der Waals surface area contributed by atoms with Gasteiger partial charge in [0, 0.05) is 11.8 Å². The highest BCUT2D eigenvalue weighted by Gasteiger charge is 2.16. The van der Waals surface area contributed by atoms with Crippen molar-refractivity contribution < 1.29 is 13.9 Å². The second kappa shape index (κ2) is 6.60. The molecular weight excluding hydrogens is 235 g/mol. The monoisotopic (exact) mass is 250 g/mol. The number of ether oxygens (including phenoxy) is 1. The van der Waals surface area contributed by atoms with Gasteiger partial charge in [0.2, 0.25) is 5.91 Å². The molecule has 1 amide bonds. The maximum Gasteiger partial charge on any atom is 0.241 e. The summed E-state index contributed by atoms with van der Waals surface area (Å²) >= 11 is 0. The Morgan fingerprint density at radius 1 is 1.56 bits per heavy atom. The smallest absolute Gasteiger partial charge is 0.241 e. The van der Waals surface area contributed by atoms with Crippen molar-refractivity contribution >= 4 is 11.6 Å². The quantitative estimate of drug-likeness (QED) is 0.873. The van der Waals surface area contributed by atoms with E-state index in [9.17, 15) is 9.18 Å². The van der Waals surface area contributed by atoms with Gasteiger partial charge < -0.3 is 10.1 Å². The molecule has 0 aliphatic carbocycles. The van der Waals surface area contributed by atoms with Gasteiger partial charge in [-0.1, -0.05) is 6.92 Å². The molecule has 0 fully saturated rings. The molecule has 1 N–H and O–H groups in total. The van der Waals surface area contributed by atoms with Gasteiger partial charge in [-0.2, -0.15) is 5.26 Å². The topological polar surface area (TPSA) is 62.1 Å². The Balaban J connectivity index is 2.78. The van der Waals surface area contributed by atoms with E-state index in [2.05, 4.69) is 5.32 Å². The van der Waals surface area contributed by atoms with Gasteiger partial charge in [0.15, 0.2) is 11.6 Å². The second-order valence-electron chi connectivity index (χ2n) is 3.66. The molecule has 0 heterocycles. The van der Waals surface area contributed by atoms with Crippen LogP contribution in [0.1, 0.15) is 20.3 Å². The van der Waals surface area contributed by atoms with Crippen molar-refractivity contribution in [1.29, 1.82) is 5.26 Å². The summed E-state index contributed by atoms with van der Waals surface area (Å²) in [5.74, 6) is -1.55. The van der Waals surface area contributed by atoms with E-state index in [1.807, 2.05) is 6.07 Å². The number of nitriles is 1. The predicted octanol–water partition coefficient (Wildman–Crippen LogP) is 2.71. The molecule has 1 unspecified atom stereocenters. The largest absolute Gasteiger partial charge is 0.491 e. The number of hydrogen-bond acceptors (Lipinski definition) is 3. The average molecular weight is 250 g/mol. The summed E-state index contributed by atoms with van der Waals surface area (Å²) in [5.41, 5.74) is 0.314. The molecule has 0 aliphatic rings. The number of amides is 1. The molecule has 4 nitrogen and oxygen atoms in total. The van der Waals surface area contributed by atoms with Gasteiger partial charge in [-0.05, 0) is 25.5 Å². The molecule has 1 atom stereocenters. The van der Waals surface area contributed by atoms with Crippen LogP contribution in [0.15, 0.2) is 18.2 Å². The Labute approximate surface area is 105 Å². The second-order valence-corrected chi connectivity index (χ2v) is 3.66. The lowest BCUT2D eigenvalue weighted by atomic mass is 10.1.